The largest absolute Gasteiger partial charge is 0.256 e. The van der Waals surface area contributed by atoms with Crippen LogP contribution in [0.25, 0.3) is 77.1 Å². The highest BCUT2D eigenvalue weighted by atomic mass is 14.7. The summed E-state index contributed by atoms with van der Waals surface area (Å²) < 4.78 is 0. The molecule has 0 amide bonds. The van der Waals surface area contributed by atoms with Gasteiger partial charge in [-0.25, -0.2) is 0 Å². The van der Waals surface area contributed by atoms with Gasteiger partial charge in [0.2, 0.25) is 0 Å². The SMILES string of the molecule is c1ccc(-c2c3ccccc3c(-c3cc4c(c5ncccc35)-c3ncccc3C43c4ccccc4-c4ccccc43)c3ccccc23)cc1. The predicted octanol–water partition coefficient (Wildman–Crippen LogP) is 11.6. The molecule has 7 aromatic carbocycles. The molecule has 0 atom stereocenters. The van der Waals surface area contributed by atoms with Crippen molar-refractivity contribution in [3.05, 3.63) is 192 Å². The summed E-state index contributed by atoms with van der Waals surface area (Å²) in [4.78, 5) is 10.3. The summed E-state index contributed by atoms with van der Waals surface area (Å²) in [6.45, 7) is 0. The van der Waals surface area contributed by atoms with Gasteiger partial charge in [0.15, 0.2) is 0 Å². The number of benzene rings is 7. The van der Waals surface area contributed by atoms with E-state index in [1.807, 2.05) is 12.4 Å². The Kier molecular flexibility index (Phi) is 5.34. The second-order valence-electron chi connectivity index (χ2n) is 13.2. The second-order valence-corrected chi connectivity index (χ2v) is 13.2. The fourth-order valence-corrected chi connectivity index (χ4v) is 9.19. The van der Waals surface area contributed by atoms with Crippen molar-refractivity contribution in [2.24, 2.45) is 0 Å². The predicted molar refractivity (Wildman–Crippen MR) is 202 cm³/mol. The third-order valence-corrected chi connectivity index (χ3v) is 11.0. The molecule has 0 unspecified atom stereocenters. The lowest BCUT2D eigenvalue weighted by atomic mass is 9.70. The maximum absolute atomic E-state index is 5.19. The third-order valence-electron chi connectivity index (χ3n) is 11.0. The first-order valence-electron chi connectivity index (χ1n) is 16.9. The van der Waals surface area contributed by atoms with Gasteiger partial charge in [-0.15, -0.1) is 0 Å². The van der Waals surface area contributed by atoms with Crippen molar-refractivity contribution in [1.29, 1.82) is 0 Å². The van der Waals surface area contributed by atoms with Crippen LogP contribution in [0.5, 0.6) is 0 Å². The molecule has 0 bridgehead atoms. The summed E-state index contributed by atoms with van der Waals surface area (Å²) in [6.07, 6.45) is 3.87. The van der Waals surface area contributed by atoms with Crippen molar-refractivity contribution in [3.63, 3.8) is 0 Å². The van der Waals surface area contributed by atoms with Gasteiger partial charge in [0.05, 0.1) is 16.6 Å². The number of aromatic nitrogens is 2. The molecular formula is C47H28N2. The third kappa shape index (κ3) is 3.35. The van der Waals surface area contributed by atoms with Crippen molar-refractivity contribution < 1.29 is 0 Å². The number of nitrogens with zero attached hydrogens (tertiary/aromatic N) is 2. The second kappa shape index (κ2) is 9.82. The monoisotopic (exact) mass is 620 g/mol. The zero-order valence-corrected chi connectivity index (χ0v) is 26.6. The number of rotatable bonds is 2. The Bertz CT molecular complexity index is 2730. The summed E-state index contributed by atoms with van der Waals surface area (Å²) in [7, 11) is 0. The fraction of sp³-hybridized carbons (Fsp3) is 0.0213. The lowest BCUT2D eigenvalue weighted by Crippen LogP contribution is -2.26. The molecule has 0 saturated carbocycles. The van der Waals surface area contributed by atoms with E-state index in [-0.39, 0.29) is 0 Å². The van der Waals surface area contributed by atoms with Gasteiger partial charge in [-0.3, -0.25) is 9.97 Å². The first-order chi connectivity index (χ1) is 24.4. The van der Waals surface area contributed by atoms with Gasteiger partial charge in [-0.05, 0) is 95.4 Å². The lowest BCUT2D eigenvalue weighted by Gasteiger charge is -2.30. The Labute approximate surface area is 284 Å². The summed E-state index contributed by atoms with van der Waals surface area (Å²) in [6, 6.07) is 57.7. The number of fused-ring (bicyclic) bond motifs is 14. The van der Waals surface area contributed by atoms with Crippen LogP contribution in [0.3, 0.4) is 0 Å². The molecule has 2 heteroatoms. The molecule has 11 rings (SSSR count). The minimum Gasteiger partial charge on any atom is -0.256 e. The topological polar surface area (TPSA) is 25.8 Å². The molecule has 2 heterocycles. The highest BCUT2D eigenvalue weighted by Crippen LogP contribution is 2.64. The van der Waals surface area contributed by atoms with Gasteiger partial charge in [0.25, 0.3) is 0 Å². The molecule has 0 radical (unpaired) electrons. The zero-order valence-electron chi connectivity index (χ0n) is 26.6. The van der Waals surface area contributed by atoms with E-state index in [1.54, 1.807) is 0 Å². The molecule has 0 fully saturated rings. The number of pyridine rings is 2. The minimum absolute atomic E-state index is 0.512. The van der Waals surface area contributed by atoms with Crippen LogP contribution < -0.4 is 0 Å². The highest BCUT2D eigenvalue weighted by Gasteiger charge is 2.53. The molecule has 2 nitrogen and oxygen atoms in total. The number of hydrogen-bond acceptors (Lipinski definition) is 2. The molecule has 2 aliphatic carbocycles. The Hall–Kier alpha value is -6.38. The Morgan fingerprint density at radius 2 is 0.857 bits per heavy atom. The van der Waals surface area contributed by atoms with Crippen molar-refractivity contribution in [1.82, 2.24) is 9.97 Å². The summed E-state index contributed by atoms with van der Waals surface area (Å²) >= 11 is 0. The molecule has 49 heavy (non-hydrogen) atoms. The van der Waals surface area contributed by atoms with Gasteiger partial charge in [-0.1, -0.05) is 140 Å². The molecule has 226 valence electrons. The zero-order chi connectivity index (χ0) is 32.1. The van der Waals surface area contributed by atoms with E-state index in [0.717, 1.165) is 22.2 Å². The van der Waals surface area contributed by atoms with E-state index in [2.05, 4.69) is 158 Å². The van der Waals surface area contributed by atoms with Crippen LogP contribution in [0, 0.1) is 0 Å². The standard InChI is InChI=1S/C47H28N2/c1-2-14-29(15-3-1)42-32-18-4-6-20-34(32)43(35-21-7-5-19-33(35)42)37-28-41-44(45-36(37)22-12-26-48-45)46-40(25-13-27-49-46)47(41)38-23-10-8-16-30(38)31-17-9-11-24-39(31)47/h1-28H. The van der Waals surface area contributed by atoms with E-state index in [0.29, 0.717) is 0 Å². The van der Waals surface area contributed by atoms with Crippen LogP contribution in [0.4, 0.5) is 0 Å². The van der Waals surface area contributed by atoms with E-state index in [9.17, 15) is 0 Å². The van der Waals surface area contributed by atoms with Crippen molar-refractivity contribution in [2.75, 3.05) is 0 Å². The Morgan fingerprint density at radius 1 is 0.347 bits per heavy atom. The average molecular weight is 621 g/mol. The summed E-state index contributed by atoms with van der Waals surface area (Å²) in [5.74, 6) is 0. The quantitative estimate of drug-likeness (QED) is 0.180. The molecule has 0 N–H and O–H groups in total. The van der Waals surface area contributed by atoms with Crippen molar-refractivity contribution >= 4 is 32.4 Å². The maximum atomic E-state index is 5.19. The van der Waals surface area contributed by atoms with E-state index in [1.165, 1.54) is 77.2 Å². The van der Waals surface area contributed by atoms with Crippen LogP contribution in [0.15, 0.2) is 170 Å². The first kappa shape index (κ1) is 26.7. The number of hydrogen-bond donors (Lipinski definition) is 0. The summed E-state index contributed by atoms with van der Waals surface area (Å²) in [5.41, 5.74) is 15.2. The van der Waals surface area contributed by atoms with E-state index in [4.69, 9.17) is 9.97 Å². The normalized spacial score (nSPS) is 13.5. The Morgan fingerprint density at radius 3 is 1.53 bits per heavy atom. The Balaban J connectivity index is 1.35. The lowest BCUT2D eigenvalue weighted by molar-refractivity contribution is 0.792. The summed E-state index contributed by atoms with van der Waals surface area (Å²) in [5, 5.41) is 6.10. The average Bonchev–Trinajstić information content (AvgIpc) is 3.64. The van der Waals surface area contributed by atoms with E-state index >= 15 is 0 Å². The molecule has 2 aliphatic rings. The van der Waals surface area contributed by atoms with Gasteiger partial charge in [0, 0.05) is 23.3 Å². The van der Waals surface area contributed by atoms with Crippen LogP contribution in [-0.2, 0) is 5.41 Å². The van der Waals surface area contributed by atoms with Crippen LogP contribution in [-0.4, -0.2) is 9.97 Å². The smallest absolute Gasteiger partial charge is 0.0805 e. The highest BCUT2D eigenvalue weighted by molar-refractivity contribution is 6.24. The molecule has 2 aromatic heterocycles. The van der Waals surface area contributed by atoms with E-state index < -0.39 is 5.41 Å². The molecule has 0 aliphatic heterocycles. The molecule has 1 spiro atoms. The van der Waals surface area contributed by atoms with Crippen molar-refractivity contribution in [3.8, 4) is 44.6 Å². The van der Waals surface area contributed by atoms with Crippen LogP contribution in [0.1, 0.15) is 22.3 Å². The van der Waals surface area contributed by atoms with Gasteiger partial charge >= 0.3 is 0 Å². The van der Waals surface area contributed by atoms with Crippen LogP contribution >= 0.6 is 0 Å². The van der Waals surface area contributed by atoms with Gasteiger partial charge < -0.3 is 0 Å². The minimum atomic E-state index is -0.512. The molecule has 0 saturated heterocycles. The fourth-order valence-electron chi connectivity index (χ4n) is 9.19. The maximum Gasteiger partial charge on any atom is 0.0805 e. The van der Waals surface area contributed by atoms with Gasteiger partial charge in [-0.2, -0.15) is 0 Å². The van der Waals surface area contributed by atoms with Crippen molar-refractivity contribution in [2.45, 2.75) is 5.41 Å². The van der Waals surface area contributed by atoms with Crippen LogP contribution in [0.2, 0.25) is 0 Å². The van der Waals surface area contributed by atoms with Gasteiger partial charge in [0.1, 0.15) is 0 Å². The first-order valence-corrected chi connectivity index (χ1v) is 16.9. The molecule has 9 aromatic rings. The molecular weight excluding hydrogens is 593 g/mol.